The van der Waals surface area contributed by atoms with E-state index in [9.17, 15) is 35.1 Å². The fraction of sp³-hybridized carbons (Fsp3) is 0.920. The maximum Gasteiger partial charge on any atom is 0.222 e. The van der Waals surface area contributed by atoms with E-state index in [1.165, 1.54) is 0 Å². The highest BCUT2D eigenvalue weighted by molar-refractivity contribution is 5.77. The molecule has 0 unspecified atom stereocenters. The van der Waals surface area contributed by atoms with Gasteiger partial charge in [-0.2, -0.15) is 0 Å². The van der Waals surface area contributed by atoms with Gasteiger partial charge in [0.15, 0.2) is 12.6 Å². The van der Waals surface area contributed by atoms with Gasteiger partial charge < -0.3 is 54.7 Å². The monoisotopic (exact) mass is 550 g/mol. The van der Waals surface area contributed by atoms with Crippen molar-refractivity contribution in [2.24, 2.45) is 0 Å². The molecule has 13 nitrogen and oxygen atoms in total. The van der Waals surface area contributed by atoms with Crippen LogP contribution in [0.3, 0.4) is 0 Å². The Morgan fingerprint density at radius 3 is 2.00 bits per heavy atom. The first-order valence-corrected chi connectivity index (χ1v) is 13.5. The summed E-state index contributed by atoms with van der Waals surface area (Å²) in [5.74, 6) is -0.157. The van der Waals surface area contributed by atoms with Crippen LogP contribution in [0, 0.1) is 0 Å². The van der Waals surface area contributed by atoms with Gasteiger partial charge in [-0.1, -0.05) is 0 Å². The zero-order valence-corrected chi connectivity index (χ0v) is 22.6. The molecule has 0 aromatic heterocycles. The van der Waals surface area contributed by atoms with Gasteiger partial charge in [-0.05, 0) is 39.5 Å². The van der Waals surface area contributed by atoms with Crippen molar-refractivity contribution in [3.05, 3.63) is 0 Å². The molecule has 9 atom stereocenters. The summed E-state index contributed by atoms with van der Waals surface area (Å²) in [7, 11) is 1.57. The summed E-state index contributed by atoms with van der Waals surface area (Å²) < 4.78 is 22.2. The van der Waals surface area contributed by atoms with E-state index in [-0.39, 0.29) is 37.6 Å². The number of hydrogen-bond acceptors (Lipinski definition) is 11. The number of aliphatic hydroxyl groups excluding tert-OH is 5. The second-order valence-electron chi connectivity index (χ2n) is 10.00. The molecular weight excluding hydrogens is 504 g/mol. The van der Waals surface area contributed by atoms with Crippen molar-refractivity contribution < 1.29 is 54.1 Å². The van der Waals surface area contributed by atoms with Crippen LogP contribution in [-0.2, 0) is 28.5 Å². The number of aliphatic hydroxyl groups is 5. The number of amides is 2. The molecule has 0 spiro atoms. The summed E-state index contributed by atoms with van der Waals surface area (Å²) in [6.45, 7) is 4.45. The SMILES string of the molecule is CNC(=O)CCCCC(=O)N(CCCO[C@@H]1O[C@@H](C)[C@@H](O)[C@@H](O)[C@@H]1O)CCCO[C@@H]1O[C@@H](C)C[C@@H](O)[C@@H]1O. The molecule has 2 aliphatic heterocycles. The predicted molar refractivity (Wildman–Crippen MR) is 134 cm³/mol. The van der Waals surface area contributed by atoms with Gasteiger partial charge in [-0.25, -0.2) is 0 Å². The molecule has 2 heterocycles. The van der Waals surface area contributed by atoms with Crippen LogP contribution in [0.2, 0.25) is 0 Å². The number of unbranched alkanes of at least 4 members (excludes halogenated alkanes) is 1. The fourth-order valence-corrected chi connectivity index (χ4v) is 4.43. The second kappa shape index (κ2) is 16.6. The lowest BCUT2D eigenvalue weighted by Gasteiger charge is -2.39. The van der Waals surface area contributed by atoms with Crippen molar-refractivity contribution >= 4 is 11.8 Å². The number of hydrogen-bond donors (Lipinski definition) is 6. The Hall–Kier alpha value is -1.42. The zero-order valence-electron chi connectivity index (χ0n) is 22.6. The highest BCUT2D eigenvalue weighted by Gasteiger charge is 2.42. The largest absolute Gasteiger partial charge is 0.390 e. The summed E-state index contributed by atoms with van der Waals surface area (Å²) in [4.78, 5) is 26.0. The molecule has 0 aliphatic carbocycles. The first-order chi connectivity index (χ1) is 18.0. The third kappa shape index (κ3) is 10.3. The Balaban J connectivity index is 1.81. The molecule has 2 rings (SSSR count). The third-order valence-electron chi connectivity index (χ3n) is 6.81. The third-order valence-corrected chi connectivity index (χ3v) is 6.81. The summed E-state index contributed by atoms with van der Waals surface area (Å²) >= 11 is 0. The lowest BCUT2D eigenvalue weighted by Crippen LogP contribution is -2.57. The second-order valence-corrected chi connectivity index (χ2v) is 10.00. The maximum atomic E-state index is 12.9. The van der Waals surface area contributed by atoms with Gasteiger partial charge in [-0.3, -0.25) is 9.59 Å². The fourth-order valence-electron chi connectivity index (χ4n) is 4.43. The minimum absolute atomic E-state index is 0.0748. The minimum atomic E-state index is -1.39. The van der Waals surface area contributed by atoms with Gasteiger partial charge >= 0.3 is 0 Å². The molecule has 38 heavy (non-hydrogen) atoms. The smallest absolute Gasteiger partial charge is 0.222 e. The summed E-state index contributed by atoms with van der Waals surface area (Å²) in [6, 6.07) is 0. The highest BCUT2D eigenvalue weighted by Crippen LogP contribution is 2.22. The molecule has 13 heteroatoms. The summed E-state index contributed by atoms with van der Waals surface area (Å²) in [6.07, 6.45) is -6.03. The van der Waals surface area contributed by atoms with E-state index in [1.807, 2.05) is 0 Å². The first kappa shape index (κ1) is 32.8. The number of ether oxygens (including phenoxy) is 4. The van der Waals surface area contributed by atoms with Gasteiger partial charge in [0.2, 0.25) is 11.8 Å². The number of carbonyl (C=O) groups is 2. The van der Waals surface area contributed by atoms with Crippen LogP contribution in [0.15, 0.2) is 0 Å². The molecule has 0 aromatic carbocycles. The van der Waals surface area contributed by atoms with Crippen molar-refractivity contribution in [2.45, 2.75) is 114 Å². The van der Waals surface area contributed by atoms with Gasteiger partial charge in [0.1, 0.15) is 24.4 Å². The molecule has 2 aliphatic rings. The highest BCUT2D eigenvalue weighted by atomic mass is 16.7. The summed E-state index contributed by atoms with van der Waals surface area (Å²) in [5, 5.41) is 52.4. The molecule has 2 fully saturated rings. The predicted octanol–water partition coefficient (Wildman–Crippen LogP) is -1.38. The van der Waals surface area contributed by atoms with Crippen molar-refractivity contribution in [1.82, 2.24) is 10.2 Å². The maximum absolute atomic E-state index is 12.9. The minimum Gasteiger partial charge on any atom is -0.390 e. The number of nitrogens with zero attached hydrogens (tertiary/aromatic N) is 1. The number of carbonyl (C=O) groups excluding carboxylic acids is 2. The van der Waals surface area contributed by atoms with E-state index < -0.39 is 49.2 Å². The molecule has 6 N–H and O–H groups in total. The normalized spacial score (nSPS) is 33.6. The van der Waals surface area contributed by atoms with Crippen molar-refractivity contribution in [2.75, 3.05) is 33.4 Å². The van der Waals surface area contributed by atoms with E-state index in [2.05, 4.69) is 5.32 Å². The molecule has 2 saturated heterocycles. The average Bonchev–Trinajstić information content (AvgIpc) is 2.89. The van der Waals surface area contributed by atoms with Crippen LogP contribution < -0.4 is 5.32 Å². The molecule has 0 saturated carbocycles. The summed E-state index contributed by atoms with van der Waals surface area (Å²) in [5.41, 5.74) is 0. The molecule has 0 aromatic rings. The van der Waals surface area contributed by atoms with E-state index in [1.54, 1.807) is 25.8 Å². The van der Waals surface area contributed by atoms with Crippen LogP contribution in [0.4, 0.5) is 0 Å². The van der Waals surface area contributed by atoms with Crippen molar-refractivity contribution in [1.29, 1.82) is 0 Å². The average molecular weight is 551 g/mol. The van der Waals surface area contributed by atoms with Gasteiger partial charge in [0.25, 0.3) is 0 Å². The standard InChI is InChI=1S/C25H46N2O11/c1-15-14-17(28)21(32)24(37-15)35-12-6-10-27(19(30)9-5-4-8-18(29)26-3)11-7-13-36-25-23(34)22(33)20(31)16(2)38-25/h15-17,20-25,28,31-34H,4-14H2,1-3H3,(H,26,29)/t15-,16-,17+,20+,21-,22+,23-,24+,25+/m0/s1. The molecule has 2 amide bonds. The first-order valence-electron chi connectivity index (χ1n) is 13.5. The molecule has 0 bridgehead atoms. The number of rotatable bonds is 15. The van der Waals surface area contributed by atoms with Crippen LogP contribution in [0.25, 0.3) is 0 Å². The number of nitrogens with one attached hydrogen (secondary N) is 1. The Labute approximate surface area is 224 Å². The topological polar surface area (TPSA) is 187 Å². The van der Waals surface area contributed by atoms with E-state index in [0.29, 0.717) is 51.6 Å². The Bertz CT molecular complexity index is 715. The van der Waals surface area contributed by atoms with E-state index in [0.717, 1.165) is 0 Å². The lowest BCUT2D eigenvalue weighted by molar-refractivity contribution is -0.293. The Kier molecular flexibility index (Phi) is 14.4. The van der Waals surface area contributed by atoms with Gasteiger partial charge in [0.05, 0.1) is 31.5 Å². The lowest BCUT2D eigenvalue weighted by atomic mass is 10.0. The van der Waals surface area contributed by atoms with Crippen molar-refractivity contribution in [3.63, 3.8) is 0 Å². The molecule has 222 valence electrons. The van der Waals surface area contributed by atoms with Gasteiger partial charge in [0, 0.05) is 39.4 Å². The Morgan fingerprint density at radius 1 is 0.816 bits per heavy atom. The van der Waals surface area contributed by atoms with Crippen LogP contribution >= 0.6 is 0 Å². The quantitative estimate of drug-likeness (QED) is 0.132. The zero-order chi connectivity index (χ0) is 28.2. The molecular formula is C25H46N2O11. The van der Waals surface area contributed by atoms with Crippen LogP contribution in [-0.4, -0.2) is 131 Å². The van der Waals surface area contributed by atoms with Crippen molar-refractivity contribution in [3.8, 4) is 0 Å². The molecule has 0 radical (unpaired) electrons. The van der Waals surface area contributed by atoms with E-state index >= 15 is 0 Å². The van der Waals surface area contributed by atoms with Crippen LogP contribution in [0.5, 0.6) is 0 Å². The van der Waals surface area contributed by atoms with E-state index in [4.69, 9.17) is 18.9 Å². The Morgan fingerprint density at radius 2 is 1.39 bits per heavy atom. The van der Waals surface area contributed by atoms with Crippen LogP contribution in [0.1, 0.15) is 58.8 Å². The van der Waals surface area contributed by atoms with Gasteiger partial charge in [-0.15, -0.1) is 0 Å².